The van der Waals surface area contributed by atoms with Crippen LogP contribution >= 0.6 is 23.5 Å². The summed E-state index contributed by atoms with van der Waals surface area (Å²) in [6.45, 7) is -0.776. The Hall–Kier alpha value is -1.06. The Morgan fingerprint density at radius 3 is 2.34 bits per heavy atom. The van der Waals surface area contributed by atoms with Crippen LogP contribution in [0.25, 0.3) is 6.08 Å². The molecule has 0 spiro atoms. The average molecular weight is 522 g/mol. The zero-order valence-corrected chi connectivity index (χ0v) is 18.6. The summed E-state index contributed by atoms with van der Waals surface area (Å²) in [6, 6.07) is 1.36. The third-order valence-electron chi connectivity index (χ3n) is 3.89. The molecule has 9 N–H and O–H groups in total. The van der Waals surface area contributed by atoms with Crippen molar-refractivity contribution in [2.24, 2.45) is 5.73 Å². The number of aromatic amines is 1. The molecule has 1 aliphatic rings. The lowest BCUT2D eigenvalue weighted by Crippen LogP contribution is -2.33. The van der Waals surface area contributed by atoms with Crippen molar-refractivity contribution >= 4 is 29.5 Å². The topological polar surface area (TPSA) is 268 Å². The third-order valence-corrected chi connectivity index (χ3v) is 7.69. The number of phosphoric ester groups is 1. The maximum Gasteiger partial charge on any atom is 0.490 e. The lowest BCUT2D eigenvalue weighted by Gasteiger charge is -2.19. The van der Waals surface area contributed by atoms with Crippen LogP contribution in [0.1, 0.15) is 17.2 Å². The van der Waals surface area contributed by atoms with E-state index in [2.05, 4.69) is 18.1 Å². The monoisotopic (exact) mass is 522 g/mol. The fourth-order valence-electron chi connectivity index (χ4n) is 2.65. The molecule has 1 fully saturated rings. The van der Waals surface area contributed by atoms with Gasteiger partial charge < -0.3 is 45.2 Å². The lowest BCUT2D eigenvalue weighted by molar-refractivity contribution is -0.0226. The number of hydrogen-bond donors (Lipinski definition) is 8. The van der Waals surface area contributed by atoms with Gasteiger partial charge >= 0.3 is 23.5 Å². The quantitative estimate of drug-likeness (QED) is 0.169. The number of aliphatic hydroxyl groups is 2. The van der Waals surface area contributed by atoms with Crippen molar-refractivity contribution in [3.05, 3.63) is 39.8 Å². The maximum atomic E-state index is 12.1. The number of pyridine rings is 1. The normalized spacial score (nSPS) is 28.0. The van der Waals surface area contributed by atoms with E-state index in [0.717, 1.165) is 0 Å². The van der Waals surface area contributed by atoms with E-state index in [0.29, 0.717) is 5.56 Å². The second-order valence-corrected chi connectivity index (χ2v) is 10.7. The molecular weight excluding hydrogens is 501 g/mol. The summed E-state index contributed by atoms with van der Waals surface area (Å²) in [4.78, 5) is 50.1. The highest BCUT2D eigenvalue weighted by atomic mass is 31.3. The Kier molecular flexibility index (Phi) is 8.89. The van der Waals surface area contributed by atoms with Crippen molar-refractivity contribution in [3.8, 4) is 0 Å². The first kappa shape index (κ1) is 27.2. The SMILES string of the molecule is NCC=Cc1c[nH]c(=O)c([C@@H]2O[C@H](COP(=O)(O)OP(=O)(O)OP(=O)(O)O)[C@@H](O)[C@H]2O)c1. The molecule has 2 unspecified atom stereocenters. The van der Waals surface area contributed by atoms with Gasteiger partial charge in [0.1, 0.15) is 24.4 Å². The van der Waals surface area contributed by atoms with Crippen molar-refractivity contribution in [2.75, 3.05) is 13.2 Å². The molecule has 0 aliphatic carbocycles. The minimum atomic E-state index is -5.72. The number of phosphoric acid groups is 3. The number of nitrogens with two attached hydrogens (primary N) is 1. The van der Waals surface area contributed by atoms with Gasteiger partial charge in [0.05, 0.1) is 6.61 Å². The summed E-state index contributed by atoms with van der Waals surface area (Å²) in [5.74, 6) is 0. The number of H-pyrrole nitrogens is 1. The Bertz CT molecular complexity index is 1040. The smallest absolute Gasteiger partial charge is 0.387 e. The highest BCUT2D eigenvalue weighted by Gasteiger charge is 2.46. The van der Waals surface area contributed by atoms with Crippen LogP contribution in [0.15, 0.2) is 23.1 Å². The summed E-state index contributed by atoms with van der Waals surface area (Å²) in [6.07, 6.45) is -1.76. The van der Waals surface area contributed by atoms with Crippen LogP contribution in [-0.4, -0.2) is 66.2 Å². The van der Waals surface area contributed by atoms with Gasteiger partial charge in [-0.3, -0.25) is 9.32 Å². The molecule has 32 heavy (non-hydrogen) atoms. The van der Waals surface area contributed by atoms with E-state index in [1.165, 1.54) is 12.3 Å². The van der Waals surface area contributed by atoms with E-state index < -0.39 is 60.1 Å². The predicted molar refractivity (Wildman–Crippen MR) is 105 cm³/mol. The second kappa shape index (κ2) is 10.5. The van der Waals surface area contributed by atoms with Crippen LogP contribution in [0.4, 0.5) is 0 Å². The molecule has 0 aromatic carbocycles. The fraction of sp³-hybridized carbons (Fsp3) is 0.462. The summed E-state index contributed by atoms with van der Waals surface area (Å²) < 4.78 is 50.6. The van der Waals surface area contributed by atoms with Gasteiger partial charge in [0, 0.05) is 18.3 Å². The molecule has 19 heteroatoms. The first-order chi connectivity index (χ1) is 14.6. The van der Waals surface area contributed by atoms with Gasteiger partial charge in [-0.25, -0.2) is 13.7 Å². The molecule has 1 aromatic heterocycles. The summed E-state index contributed by atoms with van der Waals surface area (Å²) in [5.41, 5.74) is 5.11. The van der Waals surface area contributed by atoms with E-state index in [1.807, 2.05) is 0 Å². The molecule has 1 aromatic rings. The van der Waals surface area contributed by atoms with Crippen molar-refractivity contribution in [1.82, 2.24) is 4.98 Å². The largest absolute Gasteiger partial charge is 0.490 e. The van der Waals surface area contributed by atoms with Gasteiger partial charge in [-0.15, -0.1) is 0 Å². The van der Waals surface area contributed by atoms with Crippen LogP contribution in [0.5, 0.6) is 0 Å². The molecule has 0 saturated carbocycles. The van der Waals surface area contributed by atoms with Crippen LogP contribution < -0.4 is 11.3 Å². The van der Waals surface area contributed by atoms with E-state index in [-0.39, 0.29) is 12.1 Å². The van der Waals surface area contributed by atoms with Gasteiger partial charge in [0.15, 0.2) is 0 Å². The Balaban J connectivity index is 2.10. The van der Waals surface area contributed by atoms with Crippen LogP contribution in [0, 0.1) is 0 Å². The molecular formula is C13H21N2O14P3. The molecule has 0 radical (unpaired) electrons. The van der Waals surface area contributed by atoms with E-state index in [9.17, 15) is 33.6 Å². The van der Waals surface area contributed by atoms with Gasteiger partial charge in [0.25, 0.3) is 5.56 Å². The van der Waals surface area contributed by atoms with Gasteiger partial charge in [-0.1, -0.05) is 12.2 Å². The van der Waals surface area contributed by atoms with Gasteiger partial charge in [-0.2, -0.15) is 8.62 Å². The minimum Gasteiger partial charge on any atom is -0.387 e. The number of ether oxygens (including phenoxy) is 1. The molecule has 16 nitrogen and oxygen atoms in total. The Morgan fingerprint density at radius 2 is 1.75 bits per heavy atom. The summed E-state index contributed by atoms with van der Waals surface area (Å²) in [5, 5.41) is 20.4. The predicted octanol–water partition coefficient (Wildman–Crippen LogP) is -1.15. The number of aromatic nitrogens is 1. The van der Waals surface area contributed by atoms with Crippen molar-refractivity contribution < 1.29 is 61.4 Å². The summed E-state index contributed by atoms with van der Waals surface area (Å²) >= 11 is 0. The van der Waals surface area contributed by atoms with Crippen LogP contribution in [-0.2, 0) is 31.6 Å². The third kappa shape index (κ3) is 7.76. The highest BCUT2D eigenvalue weighted by molar-refractivity contribution is 7.66. The van der Waals surface area contributed by atoms with Crippen molar-refractivity contribution in [3.63, 3.8) is 0 Å². The standard InChI is InChI=1S/C13H21N2O14P3/c14-3-1-2-7-4-8(13(18)15-5-7)12-11(17)10(16)9(27-12)6-26-31(22,23)29-32(24,25)28-30(19,20)21/h1-2,4-5,9-12,16-17H,3,6,14H2,(H,15,18)(H,22,23)(H,24,25)(H2,19,20,21)/t9-,10-,11-,12+/m1/s1. The number of nitrogens with one attached hydrogen (secondary N) is 1. The first-order valence-corrected chi connectivity index (χ1v) is 13.1. The molecule has 182 valence electrons. The van der Waals surface area contributed by atoms with Crippen LogP contribution in [0.2, 0.25) is 0 Å². The molecule has 1 saturated heterocycles. The van der Waals surface area contributed by atoms with Crippen molar-refractivity contribution in [1.29, 1.82) is 0 Å². The Morgan fingerprint density at radius 1 is 1.09 bits per heavy atom. The van der Waals surface area contributed by atoms with Gasteiger partial charge in [0.2, 0.25) is 0 Å². The maximum absolute atomic E-state index is 12.1. The van der Waals surface area contributed by atoms with E-state index in [1.54, 1.807) is 12.2 Å². The number of hydrogen-bond acceptors (Lipinski definition) is 11. The molecule has 2 rings (SSSR count). The fourth-order valence-corrected chi connectivity index (χ4v) is 5.67. The van der Waals surface area contributed by atoms with E-state index >= 15 is 0 Å². The zero-order valence-electron chi connectivity index (χ0n) is 15.9. The zero-order chi connectivity index (χ0) is 24.3. The van der Waals surface area contributed by atoms with Crippen molar-refractivity contribution in [2.45, 2.75) is 24.4 Å². The molecule has 6 atom stereocenters. The highest BCUT2D eigenvalue weighted by Crippen LogP contribution is 2.66. The van der Waals surface area contributed by atoms with E-state index in [4.69, 9.17) is 25.2 Å². The van der Waals surface area contributed by atoms with Gasteiger partial charge in [-0.05, 0) is 11.6 Å². The number of aliphatic hydroxyl groups excluding tert-OH is 2. The molecule has 0 bridgehead atoms. The summed E-state index contributed by atoms with van der Waals surface area (Å²) in [7, 11) is -16.7. The average Bonchev–Trinajstić information content (AvgIpc) is 2.91. The number of rotatable bonds is 10. The first-order valence-electron chi connectivity index (χ1n) is 8.53. The van der Waals surface area contributed by atoms with Crippen LogP contribution in [0.3, 0.4) is 0 Å². The lowest BCUT2D eigenvalue weighted by atomic mass is 10.0. The molecule has 0 amide bonds. The Labute approximate surface area is 179 Å². The minimum absolute atomic E-state index is 0.0865. The second-order valence-electron chi connectivity index (χ2n) is 6.32. The molecule has 2 heterocycles. The molecule has 1 aliphatic heterocycles.